The van der Waals surface area contributed by atoms with Gasteiger partial charge in [0.15, 0.2) is 0 Å². The Balaban J connectivity index is 1.54. The van der Waals surface area contributed by atoms with Crippen LogP contribution in [0.1, 0.15) is 12.8 Å². The lowest BCUT2D eigenvalue weighted by atomic mass is 9.87. The van der Waals surface area contributed by atoms with E-state index in [1.165, 1.54) is 6.07 Å². The number of nitrogen functional groups attached to an aromatic ring is 1. The summed E-state index contributed by atoms with van der Waals surface area (Å²) in [6.07, 6.45) is 2.28. The Hall–Kier alpha value is -2.39. The molecule has 0 aliphatic carbocycles. The van der Waals surface area contributed by atoms with Crippen LogP contribution in [0, 0.1) is 11.7 Å². The Morgan fingerprint density at radius 1 is 1.26 bits per heavy atom. The van der Waals surface area contributed by atoms with Crippen LogP contribution in [0.15, 0.2) is 18.2 Å². The fraction of sp³-hybridized carbons (Fsp3) is 0.556. The predicted octanol–water partition coefficient (Wildman–Crippen LogP) is 1.39. The topological polar surface area (TPSA) is 98.1 Å². The standard InChI is InChI=1S/C18H27FN8/c1-26-8-9-27(16(11-26)12-4-6-21-7-5-12)15-3-2-13(10-14(15)19)22-18-23-17(20)24-25-18/h2-3,10,12,16,21H,4-9,11H2,1H3,(H4,20,22,23,24,25). The first-order valence-electron chi connectivity index (χ1n) is 9.50. The molecular weight excluding hydrogens is 347 g/mol. The summed E-state index contributed by atoms with van der Waals surface area (Å²) in [5.41, 5.74) is 6.80. The minimum Gasteiger partial charge on any atom is -0.368 e. The van der Waals surface area contributed by atoms with E-state index in [2.05, 4.69) is 42.7 Å². The third-order valence-electron chi connectivity index (χ3n) is 5.57. The highest BCUT2D eigenvalue weighted by molar-refractivity contribution is 5.61. The van der Waals surface area contributed by atoms with Crippen molar-refractivity contribution in [1.82, 2.24) is 25.4 Å². The van der Waals surface area contributed by atoms with Gasteiger partial charge in [0.1, 0.15) is 5.82 Å². The predicted molar refractivity (Wildman–Crippen MR) is 105 cm³/mol. The summed E-state index contributed by atoms with van der Waals surface area (Å²) < 4.78 is 15.0. The van der Waals surface area contributed by atoms with Crippen molar-refractivity contribution in [2.75, 3.05) is 55.7 Å². The number of nitrogens with zero attached hydrogens (tertiary/aromatic N) is 4. The molecule has 0 amide bonds. The molecule has 2 aliphatic heterocycles. The van der Waals surface area contributed by atoms with E-state index in [9.17, 15) is 4.39 Å². The van der Waals surface area contributed by atoms with Crippen molar-refractivity contribution in [2.24, 2.45) is 5.92 Å². The maximum Gasteiger partial charge on any atom is 0.248 e. The van der Waals surface area contributed by atoms with Crippen LogP contribution < -0.4 is 21.3 Å². The van der Waals surface area contributed by atoms with Gasteiger partial charge in [0, 0.05) is 31.4 Å². The van der Waals surface area contributed by atoms with E-state index >= 15 is 0 Å². The number of nitrogens with two attached hydrogens (primary N) is 1. The molecule has 2 aliphatic rings. The molecule has 146 valence electrons. The zero-order chi connectivity index (χ0) is 18.8. The lowest BCUT2D eigenvalue weighted by molar-refractivity contribution is 0.199. The number of hydrogen-bond donors (Lipinski definition) is 4. The minimum absolute atomic E-state index is 0.219. The van der Waals surface area contributed by atoms with E-state index < -0.39 is 0 Å². The Morgan fingerprint density at radius 3 is 2.78 bits per heavy atom. The molecule has 0 radical (unpaired) electrons. The van der Waals surface area contributed by atoms with Gasteiger partial charge in [-0.05, 0) is 57.1 Å². The number of nitrogens with one attached hydrogen (secondary N) is 3. The van der Waals surface area contributed by atoms with E-state index in [1.807, 2.05) is 12.1 Å². The molecule has 2 aromatic rings. The first-order valence-corrected chi connectivity index (χ1v) is 9.50. The Morgan fingerprint density at radius 2 is 2.07 bits per heavy atom. The van der Waals surface area contributed by atoms with Crippen molar-refractivity contribution in [2.45, 2.75) is 18.9 Å². The second-order valence-corrected chi connectivity index (χ2v) is 7.45. The number of benzene rings is 1. The molecule has 1 aromatic heterocycles. The Labute approximate surface area is 158 Å². The van der Waals surface area contributed by atoms with Crippen molar-refractivity contribution < 1.29 is 4.39 Å². The van der Waals surface area contributed by atoms with Crippen LogP contribution in [0.4, 0.5) is 27.7 Å². The molecule has 8 nitrogen and oxygen atoms in total. The zero-order valence-electron chi connectivity index (χ0n) is 15.6. The molecule has 0 spiro atoms. The molecule has 1 atom stereocenters. The first-order chi connectivity index (χ1) is 13.1. The minimum atomic E-state index is -0.230. The first kappa shape index (κ1) is 18.0. The van der Waals surface area contributed by atoms with Crippen molar-refractivity contribution in [3.8, 4) is 0 Å². The zero-order valence-corrected chi connectivity index (χ0v) is 15.6. The third kappa shape index (κ3) is 3.98. The largest absolute Gasteiger partial charge is 0.368 e. The van der Waals surface area contributed by atoms with Gasteiger partial charge in [-0.2, -0.15) is 4.98 Å². The summed E-state index contributed by atoms with van der Waals surface area (Å²) in [7, 11) is 2.15. The number of piperazine rings is 1. The van der Waals surface area contributed by atoms with Gasteiger partial charge in [-0.25, -0.2) is 9.49 Å². The number of piperidine rings is 1. The summed E-state index contributed by atoms with van der Waals surface area (Å²) >= 11 is 0. The van der Waals surface area contributed by atoms with Crippen LogP contribution in [-0.2, 0) is 0 Å². The third-order valence-corrected chi connectivity index (χ3v) is 5.57. The highest BCUT2D eigenvalue weighted by Crippen LogP contribution is 2.32. The molecule has 9 heteroatoms. The van der Waals surface area contributed by atoms with Crippen molar-refractivity contribution in [3.63, 3.8) is 0 Å². The molecule has 4 rings (SSSR count). The van der Waals surface area contributed by atoms with Gasteiger partial charge in [-0.15, -0.1) is 5.10 Å². The Bertz CT molecular complexity index is 772. The molecule has 0 saturated carbocycles. The van der Waals surface area contributed by atoms with Crippen LogP contribution in [0.3, 0.4) is 0 Å². The maximum absolute atomic E-state index is 15.0. The van der Waals surface area contributed by atoms with Crippen LogP contribution in [0.2, 0.25) is 0 Å². The molecule has 1 aromatic carbocycles. The van der Waals surface area contributed by atoms with Gasteiger partial charge >= 0.3 is 0 Å². The highest BCUT2D eigenvalue weighted by Gasteiger charge is 2.33. The average Bonchev–Trinajstić information content (AvgIpc) is 3.08. The van der Waals surface area contributed by atoms with Gasteiger partial charge in [0.05, 0.1) is 5.69 Å². The number of aromatic amines is 1. The quantitative estimate of drug-likeness (QED) is 0.642. The second-order valence-electron chi connectivity index (χ2n) is 7.45. The number of aromatic nitrogens is 3. The van der Waals surface area contributed by atoms with E-state index in [4.69, 9.17) is 5.73 Å². The fourth-order valence-electron chi connectivity index (χ4n) is 4.16. The van der Waals surface area contributed by atoms with Crippen molar-refractivity contribution >= 4 is 23.3 Å². The lowest BCUT2D eigenvalue weighted by Gasteiger charge is -2.46. The number of H-pyrrole nitrogens is 1. The van der Waals surface area contributed by atoms with Crippen LogP contribution in [0.25, 0.3) is 0 Å². The van der Waals surface area contributed by atoms with Crippen molar-refractivity contribution in [3.05, 3.63) is 24.0 Å². The van der Waals surface area contributed by atoms with E-state index in [-0.39, 0.29) is 11.8 Å². The smallest absolute Gasteiger partial charge is 0.248 e. The van der Waals surface area contributed by atoms with E-state index in [1.54, 1.807) is 0 Å². The molecular formula is C18H27FN8. The highest BCUT2D eigenvalue weighted by atomic mass is 19.1. The summed E-state index contributed by atoms with van der Waals surface area (Å²) in [6, 6.07) is 5.56. The number of halogens is 1. The summed E-state index contributed by atoms with van der Waals surface area (Å²) in [5, 5.41) is 12.9. The molecule has 27 heavy (non-hydrogen) atoms. The summed E-state index contributed by atoms with van der Waals surface area (Å²) in [6.45, 7) is 4.85. The van der Waals surface area contributed by atoms with Crippen LogP contribution in [-0.4, -0.2) is 65.9 Å². The molecule has 5 N–H and O–H groups in total. The number of hydrogen-bond acceptors (Lipinski definition) is 7. The average molecular weight is 374 g/mol. The van der Waals surface area contributed by atoms with E-state index in [0.717, 1.165) is 45.6 Å². The molecule has 3 heterocycles. The van der Waals surface area contributed by atoms with Gasteiger partial charge in [0.25, 0.3) is 0 Å². The maximum atomic E-state index is 15.0. The summed E-state index contributed by atoms with van der Waals surface area (Å²) in [4.78, 5) is 8.60. The van der Waals surface area contributed by atoms with Gasteiger partial charge in [0.2, 0.25) is 11.9 Å². The van der Waals surface area contributed by atoms with Crippen LogP contribution >= 0.6 is 0 Å². The molecule has 2 fully saturated rings. The summed E-state index contributed by atoms with van der Waals surface area (Å²) in [5.74, 6) is 0.901. The van der Waals surface area contributed by atoms with E-state index in [0.29, 0.717) is 29.3 Å². The Kier molecular flexibility index (Phi) is 5.13. The van der Waals surface area contributed by atoms with Gasteiger partial charge in [-0.1, -0.05) is 0 Å². The monoisotopic (exact) mass is 374 g/mol. The number of likely N-dealkylation sites (N-methyl/N-ethyl adjacent to an activating group) is 1. The van der Waals surface area contributed by atoms with Crippen LogP contribution in [0.5, 0.6) is 0 Å². The molecule has 0 bridgehead atoms. The second kappa shape index (κ2) is 7.69. The van der Waals surface area contributed by atoms with Gasteiger partial charge in [-0.3, -0.25) is 0 Å². The van der Waals surface area contributed by atoms with Crippen molar-refractivity contribution in [1.29, 1.82) is 0 Å². The normalized spacial score (nSPS) is 22.1. The molecule has 1 unspecified atom stereocenters. The SMILES string of the molecule is CN1CCN(c2ccc(Nc3n[nH]c(N)n3)cc2F)C(C2CCNCC2)C1. The fourth-order valence-corrected chi connectivity index (χ4v) is 4.16. The lowest BCUT2D eigenvalue weighted by Crippen LogP contribution is -2.56. The number of anilines is 4. The van der Waals surface area contributed by atoms with Gasteiger partial charge < -0.3 is 26.2 Å². The number of rotatable bonds is 4. The molecule has 2 saturated heterocycles.